The number of thiazole rings is 1. The van der Waals surface area contributed by atoms with E-state index in [1.807, 2.05) is 34.7 Å². The average molecular weight is 337 g/mol. The summed E-state index contributed by atoms with van der Waals surface area (Å²) in [5.41, 5.74) is 2.79. The number of aryl methyl sites for hydroxylation is 1. The van der Waals surface area contributed by atoms with Crippen LogP contribution in [0.4, 0.5) is 0 Å². The van der Waals surface area contributed by atoms with Crippen molar-refractivity contribution in [3.63, 3.8) is 0 Å². The van der Waals surface area contributed by atoms with E-state index < -0.39 is 0 Å². The Morgan fingerprint density at radius 1 is 1.33 bits per heavy atom. The first-order valence-electron chi connectivity index (χ1n) is 8.23. The van der Waals surface area contributed by atoms with Gasteiger partial charge in [-0.15, -0.1) is 11.3 Å². The number of carbonyl (C=O) groups is 1. The fourth-order valence-corrected chi connectivity index (χ4v) is 4.07. The predicted molar refractivity (Wildman–Crippen MR) is 96.3 cm³/mol. The highest BCUT2D eigenvalue weighted by molar-refractivity contribution is 7.09. The topological polar surface area (TPSA) is 46.1 Å². The number of carbonyl (C=O) groups excluding carboxylic acids is 1. The predicted octanol–water partition coefficient (Wildman–Crippen LogP) is 3.70. The van der Waals surface area contributed by atoms with Crippen LogP contribution < -0.4 is 0 Å². The molecule has 2 aromatic heterocycles. The average Bonchev–Trinajstić information content (AvgIpc) is 3.26. The summed E-state index contributed by atoms with van der Waals surface area (Å²) in [7, 11) is 0. The summed E-state index contributed by atoms with van der Waals surface area (Å²) in [6.45, 7) is 3.68. The smallest absolute Gasteiger partial charge is 0.255 e. The van der Waals surface area contributed by atoms with E-state index in [2.05, 4.69) is 23.0 Å². The second kappa shape index (κ2) is 6.32. The highest BCUT2D eigenvalue weighted by Crippen LogP contribution is 2.24. The Balaban J connectivity index is 1.49. The van der Waals surface area contributed by atoms with Crippen LogP contribution in [0.3, 0.4) is 0 Å². The highest BCUT2D eigenvalue weighted by atomic mass is 32.1. The Hall–Kier alpha value is -2.27. The van der Waals surface area contributed by atoms with E-state index in [0.717, 1.165) is 41.8 Å². The molecule has 1 aliphatic heterocycles. The van der Waals surface area contributed by atoms with Crippen LogP contribution in [-0.4, -0.2) is 33.9 Å². The molecular formula is C19H19N3OS. The van der Waals surface area contributed by atoms with Crippen LogP contribution in [-0.2, 0) is 6.42 Å². The van der Waals surface area contributed by atoms with Crippen molar-refractivity contribution in [2.75, 3.05) is 13.1 Å². The molecule has 1 atom stereocenters. The lowest BCUT2D eigenvalue weighted by molar-refractivity contribution is 0.0787. The Kier molecular flexibility index (Phi) is 4.02. The van der Waals surface area contributed by atoms with E-state index in [0.29, 0.717) is 11.5 Å². The molecule has 0 N–H and O–H groups in total. The van der Waals surface area contributed by atoms with Gasteiger partial charge in [0.05, 0.1) is 16.1 Å². The fourth-order valence-electron chi connectivity index (χ4n) is 3.33. The Morgan fingerprint density at radius 2 is 2.25 bits per heavy atom. The van der Waals surface area contributed by atoms with Gasteiger partial charge in [-0.3, -0.25) is 9.78 Å². The summed E-state index contributed by atoms with van der Waals surface area (Å²) in [6, 6.07) is 8.08. The molecule has 4 nitrogen and oxygen atoms in total. The van der Waals surface area contributed by atoms with Crippen molar-refractivity contribution in [2.24, 2.45) is 5.92 Å². The molecule has 1 saturated heterocycles. The molecule has 0 spiro atoms. The molecule has 1 amide bonds. The van der Waals surface area contributed by atoms with E-state index in [1.54, 1.807) is 17.5 Å². The number of hydrogen-bond acceptors (Lipinski definition) is 4. The molecule has 1 fully saturated rings. The number of amides is 1. The normalized spacial score (nSPS) is 17.5. The van der Waals surface area contributed by atoms with Crippen molar-refractivity contribution in [3.8, 4) is 0 Å². The van der Waals surface area contributed by atoms with Crippen LogP contribution in [0.5, 0.6) is 0 Å². The van der Waals surface area contributed by atoms with Gasteiger partial charge in [-0.05, 0) is 37.5 Å². The van der Waals surface area contributed by atoms with E-state index in [-0.39, 0.29) is 5.91 Å². The van der Waals surface area contributed by atoms with E-state index in [9.17, 15) is 4.79 Å². The summed E-state index contributed by atoms with van der Waals surface area (Å²) < 4.78 is 0. The van der Waals surface area contributed by atoms with Gasteiger partial charge in [0.2, 0.25) is 0 Å². The van der Waals surface area contributed by atoms with Crippen molar-refractivity contribution in [1.82, 2.24) is 14.9 Å². The Labute approximate surface area is 145 Å². The third kappa shape index (κ3) is 3.04. The molecule has 122 valence electrons. The lowest BCUT2D eigenvalue weighted by Gasteiger charge is -2.16. The molecule has 1 aromatic carbocycles. The first kappa shape index (κ1) is 15.3. The monoisotopic (exact) mass is 337 g/mol. The summed E-state index contributed by atoms with van der Waals surface area (Å²) >= 11 is 1.69. The molecule has 0 saturated carbocycles. The third-order valence-electron chi connectivity index (χ3n) is 4.60. The summed E-state index contributed by atoms with van der Waals surface area (Å²) in [6.07, 6.45) is 5.57. The molecule has 24 heavy (non-hydrogen) atoms. The van der Waals surface area contributed by atoms with Crippen LogP contribution >= 0.6 is 11.3 Å². The molecule has 3 heterocycles. The largest absolute Gasteiger partial charge is 0.338 e. The minimum atomic E-state index is 0.0903. The molecule has 4 rings (SSSR count). The van der Waals surface area contributed by atoms with Gasteiger partial charge in [0, 0.05) is 42.7 Å². The first-order chi connectivity index (χ1) is 11.7. The summed E-state index contributed by atoms with van der Waals surface area (Å²) in [5, 5.41) is 4.20. The number of hydrogen-bond donors (Lipinski definition) is 0. The van der Waals surface area contributed by atoms with Crippen molar-refractivity contribution in [3.05, 3.63) is 58.2 Å². The third-order valence-corrected chi connectivity index (χ3v) is 5.41. The van der Waals surface area contributed by atoms with Crippen LogP contribution in [0.2, 0.25) is 0 Å². The fraction of sp³-hybridized carbons (Fsp3) is 0.316. The molecule has 5 heteroatoms. The van der Waals surface area contributed by atoms with Gasteiger partial charge >= 0.3 is 0 Å². The zero-order valence-corrected chi connectivity index (χ0v) is 14.4. The number of likely N-dealkylation sites (tertiary alicyclic amines) is 1. The molecule has 1 unspecified atom stereocenters. The van der Waals surface area contributed by atoms with Gasteiger partial charge in [0.25, 0.3) is 5.91 Å². The Bertz CT molecular complexity index is 875. The number of benzene rings is 1. The zero-order chi connectivity index (χ0) is 16.5. The Morgan fingerprint density at radius 3 is 3.08 bits per heavy atom. The van der Waals surface area contributed by atoms with Gasteiger partial charge in [0.1, 0.15) is 0 Å². The van der Waals surface area contributed by atoms with E-state index in [4.69, 9.17) is 0 Å². The SMILES string of the molecule is Cc1ccc2ncc(C(=O)N3CCC(Cc4nccs4)C3)cc2c1. The molecule has 1 aliphatic rings. The lowest BCUT2D eigenvalue weighted by Crippen LogP contribution is -2.29. The zero-order valence-electron chi connectivity index (χ0n) is 13.6. The second-order valence-corrected chi connectivity index (χ2v) is 7.44. The minimum absolute atomic E-state index is 0.0903. The minimum Gasteiger partial charge on any atom is -0.338 e. The van der Waals surface area contributed by atoms with Crippen LogP contribution in [0.25, 0.3) is 10.9 Å². The maximum atomic E-state index is 12.8. The quantitative estimate of drug-likeness (QED) is 0.732. The maximum Gasteiger partial charge on any atom is 0.255 e. The standard InChI is InChI=1S/C19H19N3OS/c1-13-2-3-17-15(8-13)10-16(11-21-17)19(23)22-6-4-14(12-22)9-18-20-5-7-24-18/h2-3,5,7-8,10-11,14H,4,6,9,12H2,1H3. The summed E-state index contributed by atoms with van der Waals surface area (Å²) in [4.78, 5) is 23.5. The van der Waals surface area contributed by atoms with Crippen LogP contribution in [0.15, 0.2) is 42.0 Å². The molecular weight excluding hydrogens is 318 g/mol. The van der Waals surface area contributed by atoms with Gasteiger partial charge in [-0.2, -0.15) is 0 Å². The van der Waals surface area contributed by atoms with Crippen molar-refractivity contribution < 1.29 is 4.79 Å². The summed E-state index contributed by atoms with van der Waals surface area (Å²) in [5.74, 6) is 0.600. The van der Waals surface area contributed by atoms with Crippen molar-refractivity contribution in [1.29, 1.82) is 0 Å². The molecule has 0 bridgehead atoms. The second-order valence-electron chi connectivity index (χ2n) is 6.46. The van der Waals surface area contributed by atoms with Crippen molar-refractivity contribution >= 4 is 28.1 Å². The van der Waals surface area contributed by atoms with Gasteiger partial charge in [-0.1, -0.05) is 11.6 Å². The highest BCUT2D eigenvalue weighted by Gasteiger charge is 2.27. The van der Waals surface area contributed by atoms with E-state index >= 15 is 0 Å². The molecule has 0 aliphatic carbocycles. The lowest BCUT2D eigenvalue weighted by atomic mass is 10.1. The van der Waals surface area contributed by atoms with Gasteiger partial charge in [0.15, 0.2) is 0 Å². The molecule has 3 aromatic rings. The number of fused-ring (bicyclic) bond motifs is 1. The van der Waals surface area contributed by atoms with Crippen molar-refractivity contribution in [2.45, 2.75) is 19.8 Å². The molecule has 0 radical (unpaired) electrons. The van der Waals surface area contributed by atoms with E-state index in [1.165, 1.54) is 5.56 Å². The van der Waals surface area contributed by atoms with Gasteiger partial charge < -0.3 is 4.90 Å². The maximum absolute atomic E-state index is 12.8. The van der Waals surface area contributed by atoms with Crippen LogP contribution in [0.1, 0.15) is 27.3 Å². The number of aromatic nitrogens is 2. The number of nitrogens with zero attached hydrogens (tertiary/aromatic N) is 3. The number of pyridine rings is 1. The number of rotatable bonds is 3. The van der Waals surface area contributed by atoms with Gasteiger partial charge in [-0.25, -0.2) is 4.98 Å². The van der Waals surface area contributed by atoms with Crippen LogP contribution in [0, 0.1) is 12.8 Å². The first-order valence-corrected chi connectivity index (χ1v) is 9.11.